The Morgan fingerprint density at radius 1 is 1.12 bits per heavy atom. The normalized spacial score (nSPS) is 10.4. The molecular formula is C12H15N3O2. The summed E-state index contributed by atoms with van der Waals surface area (Å²) in [5.74, 6) is 1.49. The van der Waals surface area contributed by atoms with Gasteiger partial charge < -0.3 is 9.47 Å². The summed E-state index contributed by atoms with van der Waals surface area (Å²) in [5.41, 5.74) is 2.70. The Hall–Kier alpha value is -2.04. The lowest BCUT2D eigenvalue weighted by Gasteiger charge is -2.11. The summed E-state index contributed by atoms with van der Waals surface area (Å²) in [6.45, 7) is 3.89. The molecule has 1 aromatic heterocycles. The third-order valence-corrected chi connectivity index (χ3v) is 2.74. The molecule has 0 N–H and O–H groups in total. The van der Waals surface area contributed by atoms with Crippen molar-refractivity contribution < 1.29 is 9.47 Å². The van der Waals surface area contributed by atoms with Crippen molar-refractivity contribution in [2.45, 2.75) is 13.8 Å². The summed E-state index contributed by atoms with van der Waals surface area (Å²) in [5, 5.41) is 8.14. The number of hydrogen-bond donors (Lipinski definition) is 0. The van der Waals surface area contributed by atoms with Gasteiger partial charge in [-0.05, 0) is 26.0 Å². The van der Waals surface area contributed by atoms with Gasteiger partial charge in [-0.3, -0.25) is 0 Å². The topological polar surface area (TPSA) is 49.2 Å². The zero-order chi connectivity index (χ0) is 12.4. The maximum absolute atomic E-state index is 5.32. The maximum atomic E-state index is 5.32. The van der Waals surface area contributed by atoms with E-state index < -0.39 is 0 Å². The van der Waals surface area contributed by atoms with Crippen molar-refractivity contribution in [3.05, 3.63) is 29.6 Å². The molecule has 0 atom stereocenters. The summed E-state index contributed by atoms with van der Waals surface area (Å²) in [4.78, 5) is 0. The number of nitrogens with zero attached hydrogens (tertiary/aromatic N) is 3. The van der Waals surface area contributed by atoms with Gasteiger partial charge in [0.2, 0.25) is 0 Å². The van der Waals surface area contributed by atoms with Crippen LogP contribution in [0, 0.1) is 13.8 Å². The Morgan fingerprint density at radius 2 is 1.88 bits per heavy atom. The molecule has 0 aliphatic rings. The first-order chi connectivity index (χ1) is 8.17. The second kappa shape index (κ2) is 4.45. The SMILES string of the molecule is COc1ccc(OC)c(-n2nnc(C)c2C)c1. The van der Waals surface area contributed by atoms with Gasteiger partial charge in [0.1, 0.15) is 17.2 Å². The van der Waals surface area contributed by atoms with Crippen molar-refractivity contribution in [1.29, 1.82) is 0 Å². The highest BCUT2D eigenvalue weighted by Gasteiger charge is 2.12. The predicted octanol–water partition coefficient (Wildman–Crippen LogP) is 1.90. The molecule has 0 saturated heterocycles. The van der Waals surface area contributed by atoms with Gasteiger partial charge in [-0.1, -0.05) is 5.21 Å². The van der Waals surface area contributed by atoms with Crippen LogP contribution in [0.3, 0.4) is 0 Å². The minimum atomic E-state index is 0.735. The molecule has 5 heteroatoms. The van der Waals surface area contributed by atoms with Crippen LogP contribution >= 0.6 is 0 Å². The van der Waals surface area contributed by atoms with Crippen molar-refractivity contribution in [1.82, 2.24) is 15.0 Å². The lowest BCUT2D eigenvalue weighted by Crippen LogP contribution is -2.02. The van der Waals surface area contributed by atoms with Gasteiger partial charge in [-0.2, -0.15) is 0 Å². The number of aromatic nitrogens is 3. The summed E-state index contributed by atoms with van der Waals surface area (Å²) in [6.07, 6.45) is 0. The molecule has 0 amide bonds. The number of rotatable bonds is 3. The van der Waals surface area contributed by atoms with E-state index >= 15 is 0 Å². The van der Waals surface area contributed by atoms with Crippen molar-refractivity contribution in [3.8, 4) is 17.2 Å². The van der Waals surface area contributed by atoms with Crippen LogP contribution < -0.4 is 9.47 Å². The van der Waals surface area contributed by atoms with E-state index in [4.69, 9.17) is 9.47 Å². The zero-order valence-electron chi connectivity index (χ0n) is 10.4. The van der Waals surface area contributed by atoms with Crippen LogP contribution in [0.25, 0.3) is 5.69 Å². The molecule has 1 aromatic carbocycles. The Morgan fingerprint density at radius 3 is 2.41 bits per heavy atom. The molecule has 0 aliphatic carbocycles. The minimum absolute atomic E-state index is 0.735. The first-order valence-electron chi connectivity index (χ1n) is 5.28. The average Bonchev–Trinajstić information content (AvgIpc) is 2.69. The van der Waals surface area contributed by atoms with Gasteiger partial charge in [0, 0.05) is 6.07 Å². The zero-order valence-corrected chi connectivity index (χ0v) is 10.4. The van der Waals surface area contributed by atoms with E-state index in [2.05, 4.69) is 10.3 Å². The third-order valence-electron chi connectivity index (χ3n) is 2.74. The quantitative estimate of drug-likeness (QED) is 0.812. The fourth-order valence-corrected chi connectivity index (χ4v) is 1.60. The van der Waals surface area contributed by atoms with Crippen molar-refractivity contribution in [3.63, 3.8) is 0 Å². The molecule has 0 saturated carbocycles. The van der Waals surface area contributed by atoms with E-state index in [1.165, 1.54) is 0 Å². The number of ether oxygens (including phenoxy) is 2. The fraction of sp³-hybridized carbons (Fsp3) is 0.333. The molecule has 0 bridgehead atoms. The Kier molecular flexibility index (Phi) is 2.99. The molecule has 0 fully saturated rings. The van der Waals surface area contributed by atoms with E-state index in [1.54, 1.807) is 18.9 Å². The molecule has 0 unspecified atom stereocenters. The number of methoxy groups -OCH3 is 2. The monoisotopic (exact) mass is 233 g/mol. The maximum Gasteiger partial charge on any atom is 0.144 e. The second-order valence-corrected chi connectivity index (χ2v) is 3.71. The van der Waals surface area contributed by atoms with E-state index in [0.717, 1.165) is 28.6 Å². The lowest BCUT2D eigenvalue weighted by molar-refractivity contribution is 0.400. The predicted molar refractivity (Wildman–Crippen MR) is 63.9 cm³/mol. The highest BCUT2D eigenvalue weighted by atomic mass is 16.5. The molecule has 90 valence electrons. The van der Waals surface area contributed by atoms with Crippen molar-refractivity contribution in [2.24, 2.45) is 0 Å². The van der Waals surface area contributed by atoms with Gasteiger partial charge in [0.25, 0.3) is 0 Å². The molecule has 17 heavy (non-hydrogen) atoms. The summed E-state index contributed by atoms with van der Waals surface area (Å²) in [7, 11) is 3.26. The fourth-order valence-electron chi connectivity index (χ4n) is 1.60. The molecular weight excluding hydrogens is 218 g/mol. The summed E-state index contributed by atoms with van der Waals surface area (Å²) >= 11 is 0. The summed E-state index contributed by atoms with van der Waals surface area (Å²) in [6, 6.07) is 5.58. The Balaban J connectivity index is 2.60. The van der Waals surface area contributed by atoms with E-state index in [9.17, 15) is 0 Å². The van der Waals surface area contributed by atoms with Crippen molar-refractivity contribution in [2.75, 3.05) is 14.2 Å². The average molecular weight is 233 g/mol. The lowest BCUT2D eigenvalue weighted by atomic mass is 10.2. The molecule has 2 rings (SSSR count). The third kappa shape index (κ3) is 1.95. The Bertz CT molecular complexity index is 535. The molecule has 5 nitrogen and oxygen atoms in total. The van der Waals surface area contributed by atoms with Crippen LogP contribution in [0.15, 0.2) is 18.2 Å². The smallest absolute Gasteiger partial charge is 0.144 e. The van der Waals surface area contributed by atoms with Crippen LogP contribution in [-0.4, -0.2) is 29.2 Å². The van der Waals surface area contributed by atoms with Crippen molar-refractivity contribution >= 4 is 0 Å². The highest BCUT2D eigenvalue weighted by Crippen LogP contribution is 2.28. The van der Waals surface area contributed by atoms with Gasteiger partial charge in [0.15, 0.2) is 0 Å². The number of benzene rings is 1. The molecule has 1 heterocycles. The van der Waals surface area contributed by atoms with E-state index in [0.29, 0.717) is 0 Å². The van der Waals surface area contributed by atoms with Crippen LogP contribution in [0.4, 0.5) is 0 Å². The van der Waals surface area contributed by atoms with Crippen LogP contribution in [0.5, 0.6) is 11.5 Å². The summed E-state index contributed by atoms with van der Waals surface area (Å²) < 4.78 is 12.3. The van der Waals surface area contributed by atoms with Gasteiger partial charge in [-0.25, -0.2) is 4.68 Å². The van der Waals surface area contributed by atoms with E-state index in [-0.39, 0.29) is 0 Å². The largest absolute Gasteiger partial charge is 0.497 e. The Labute approximate surface area is 100.0 Å². The van der Waals surface area contributed by atoms with Crippen LogP contribution in [0.2, 0.25) is 0 Å². The van der Waals surface area contributed by atoms with Crippen LogP contribution in [0.1, 0.15) is 11.4 Å². The highest BCUT2D eigenvalue weighted by molar-refractivity contribution is 5.51. The van der Waals surface area contributed by atoms with Gasteiger partial charge in [-0.15, -0.1) is 5.10 Å². The second-order valence-electron chi connectivity index (χ2n) is 3.71. The van der Waals surface area contributed by atoms with Gasteiger partial charge in [0.05, 0.1) is 25.6 Å². The molecule has 0 radical (unpaired) electrons. The number of aryl methyl sites for hydroxylation is 1. The molecule has 2 aromatic rings. The first kappa shape index (κ1) is 11.4. The number of hydrogen-bond acceptors (Lipinski definition) is 4. The minimum Gasteiger partial charge on any atom is -0.497 e. The molecule has 0 aliphatic heterocycles. The van der Waals surface area contributed by atoms with E-state index in [1.807, 2.05) is 32.0 Å². The van der Waals surface area contributed by atoms with Crippen LogP contribution in [-0.2, 0) is 0 Å². The standard InChI is InChI=1S/C12H15N3O2/c1-8-9(2)15(14-13-8)11-7-10(16-3)5-6-12(11)17-4/h5-7H,1-4H3. The first-order valence-corrected chi connectivity index (χ1v) is 5.28. The van der Waals surface area contributed by atoms with Gasteiger partial charge >= 0.3 is 0 Å². The molecule has 0 spiro atoms.